The summed E-state index contributed by atoms with van der Waals surface area (Å²) in [6.45, 7) is 5.39. The van der Waals surface area contributed by atoms with Crippen LogP contribution in [0.3, 0.4) is 0 Å². The number of amides is 1. The summed E-state index contributed by atoms with van der Waals surface area (Å²) in [6.07, 6.45) is 8.01. The van der Waals surface area contributed by atoms with E-state index in [1.807, 2.05) is 34.5 Å². The summed E-state index contributed by atoms with van der Waals surface area (Å²) in [5, 5.41) is 1.98. The van der Waals surface area contributed by atoms with Crippen molar-refractivity contribution in [2.75, 3.05) is 32.7 Å². The molecule has 0 bridgehead atoms. The molecule has 2 fully saturated rings. The van der Waals surface area contributed by atoms with Gasteiger partial charge < -0.3 is 14.5 Å². The van der Waals surface area contributed by atoms with E-state index in [0.717, 1.165) is 50.0 Å². The molecular weight excluding hydrogens is 382 g/mol. The summed E-state index contributed by atoms with van der Waals surface area (Å²) in [6, 6.07) is 7.55. The minimum Gasteiger partial charge on any atom is -0.487 e. The topological polar surface area (TPSA) is 45.7 Å². The highest BCUT2D eigenvalue weighted by atomic mass is 32.1. The third-order valence-electron chi connectivity index (χ3n) is 6.07. The molecule has 1 saturated heterocycles. The zero-order chi connectivity index (χ0) is 19.9. The Kier molecular flexibility index (Phi) is 7.17. The standard InChI is InChI=1S/C23H31N3O2S/c27-23(20-8-4-9-22(14-20)28-16-21-17-29-18-24-21)26-11-5-10-25(12-13-26)15-19-6-2-1-3-7-19/h4,8-9,14,17-19H,1-3,5-7,10-13,15-16H2. The van der Waals surface area contributed by atoms with Crippen LogP contribution in [0, 0.1) is 5.92 Å². The van der Waals surface area contributed by atoms with Gasteiger partial charge in [0, 0.05) is 37.1 Å². The first-order valence-electron chi connectivity index (χ1n) is 10.9. The number of ether oxygens (including phenoxy) is 1. The Labute approximate surface area is 177 Å². The van der Waals surface area contributed by atoms with Gasteiger partial charge in [0.2, 0.25) is 0 Å². The molecule has 5 nitrogen and oxygen atoms in total. The van der Waals surface area contributed by atoms with Crippen molar-refractivity contribution < 1.29 is 9.53 Å². The molecule has 0 unspecified atom stereocenters. The summed E-state index contributed by atoms with van der Waals surface area (Å²) in [5.41, 5.74) is 3.43. The van der Waals surface area contributed by atoms with Crippen molar-refractivity contribution in [1.82, 2.24) is 14.8 Å². The van der Waals surface area contributed by atoms with Gasteiger partial charge in [-0.05, 0) is 49.9 Å². The number of hydrogen-bond donors (Lipinski definition) is 0. The monoisotopic (exact) mass is 413 g/mol. The van der Waals surface area contributed by atoms with Crippen LogP contribution >= 0.6 is 11.3 Å². The number of carbonyl (C=O) groups is 1. The van der Waals surface area contributed by atoms with Crippen LogP contribution in [0.5, 0.6) is 5.75 Å². The van der Waals surface area contributed by atoms with Gasteiger partial charge in [-0.3, -0.25) is 4.79 Å². The van der Waals surface area contributed by atoms with E-state index in [1.54, 1.807) is 16.8 Å². The molecular formula is C23H31N3O2S. The average Bonchev–Trinajstić information content (AvgIpc) is 3.18. The Bertz CT molecular complexity index is 774. The second-order valence-electron chi connectivity index (χ2n) is 8.25. The van der Waals surface area contributed by atoms with Crippen LogP contribution in [0.4, 0.5) is 0 Å². The predicted octanol–water partition coefficient (Wildman–Crippen LogP) is 4.45. The Balaban J connectivity index is 1.31. The predicted molar refractivity (Wildman–Crippen MR) is 116 cm³/mol. The first kappa shape index (κ1) is 20.4. The normalized spacial score (nSPS) is 19.1. The molecule has 29 heavy (non-hydrogen) atoms. The Morgan fingerprint density at radius 3 is 2.83 bits per heavy atom. The first-order valence-corrected chi connectivity index (χ1v) is 11.8. The lowest BCUT2D eigenvalue weighted by atomic mass is 9.89. The first-order chi connectivity index (χ1) is 14.3. The van der Waals surface area contributed by atoms with Crippen molar-refractivity contribution in [3.63, 3.8) is 0 Å². The van der Waals surface area contributed by atoms with Crippen LogP contribution < -0.4 is 4.74 Å². The Morgan fingerprint density at radius 2 is 2.00 bits per heavy atom. The van der Waals surface area contributed by atoms with Crippen LogP contribution in [-0.4, -0.2) is 53.4 Å². The lowest BCUT2D eigenvalue weighted by molar-refractivity contribution is 0.0759. The highest BCUT2D eigenvalue weighted by Gasteiger charge is 2.23. The van der Waals surface area contributed by atoms with Gasteiger partial charge in [0.1, 0.15) is 12.4 Å². The van der Waals surface area contributed by atoms with Gasteiger partial charge in [-0.15, -0.1) is 11.3 Å². The van der Waals surface area contributed by atoms with E-state index in [0.29, 0.717) is 12.2 Å². The van der Waals surface area contributed by atoms with E-state index >= 15 is 0 Å². The quantitative estimate of drug-likeness (QED) is 0.702. The van der Waals surface area contributed by atoms with Crippen LogP contribution in [0.15, 0.2) is 35.2 Å². The van der Waals surface area contributed by atoms with Crippen LogP contribution in [0.2, 0.25) is 0 Å². The summed E-state index contributed by atoms with van der Waals surface area (Å²) < 4.78 is 5.82. The van der Waals surface area contributed by atoms with Crippen molar-refractivity contribution in [2.45, 2.75) is 45.1 Å². The van der Waals surface area contributed by atoms with Crippen LogP contribution in [0.25, 0.3) is 0 Å². The zero-order valence-corrected chi connectivity index (χ0v) is 17.9. The number of benzene rings is 1. The Morgan fingerprint density at radius 1 is 1.10 bits per heavy atom. The molecule has 1 aliphatic heterocycles. The molecule has 0 spiro atoms. The smallest absolute Gasteiger partial charge is 0.254 e. The van der Waals surface area contributed by atoms with Gasteiger partial charge in [0.05, 0.1) is 11.2 Å². The number of rotatable bonds is 6. The third-order valence-corrected chi connectivity index (χ3v) is 6.70. The minimum atomic E-state index is 0.114. The second kappa shape index (κ2) is 10.2. The fourth-order valence-electron chi connectivity index (χ4n) is 4.46. The van der Waals surface area contributed by atoms with E-state index in [2.05, 4.69) is 9.88 Å². The molecule has 2 aliphatic rings. The van der Waals surface area contributed by atoms with Gasteiger partial charge >= 0.3 is 0 Å². The molecule has 1 aromatic carbocycles. The largest absolute Gasteiger partial charge is 0.487 e. The van der Waals surface area contributed by atoms with Crippen molar-refractivity contribution in [3.05, 3.63) is 46.4 Å². The highest BCUT2D eigenvalue weighted by molar-refractivity contribution is 7.07. The number of hydrogen-bond acceptors (Lipinski definition) is 5. The highest BCUT2D eigenvalue weighted by Crippen LogP contribution is 2.25. The molecule has 1 amide bonds. The molecule has 156 valence electrons. The van der Waals surface area contributed by atoms with Crippen molar-refractivity contribution in [3.8, 4) is 5.75 Å². The maximum atomic E-state index is 13.1. The van der Waals surface area contributed by atoms with E-state index in [-0.39, 0.29) is 5.91 Å². The second-order valence-corrected chi connectivity index (χ2v) is 8.97. The van der Waals surface area contributed by atoms with E-state index in [9.17, 15) is 4.79 Å². The molecule has 1 aromatic heterocycles. The maximum absolute atomic E-state index is 13.1. The summed E-state index contributed by atoms with van der Waals surface area (Å²) in [7, 11) is 0. The molecule has 2 heterocycles. The number of aromatic nitrogens is 1. The fourth-order valence-corrected chi connectivity index (χ4v) is 5.00. The van der Waals surface area contributed by atoms with Crippen molar-refractivity contribution in [1.29, 1.82) is 0 Å². The molecule has 4 rings (SSSR count). The van der Waals surface area contributed by atoms with Crippen molar-refractivity contribution >= 4 is 17.2 Å². The zero-order valence-electron chi connectivity index (χ0n) is 17.1. The number of carbonyl (C=O) groups excluding carboxylic acids is 1. The molecule has 1 aliphatic carbocycles. The SMILES string of the molecule is O=C(c1cccc(OCc2cscn2)c1)N1CCCN(CC2CCCCC2)CC1. The maximum Gasteiger partial charge on any atom is 0.254 e. The minimum absolute atomic E-state index is 0.114. The molecule has 0 radical (unpaired) electrons. The fraction of sp³-hybridized carbons (Fsp3) is 0.565. The van der Waals surface area contributed by atoms with E-state index < -0.39 is 0 Å². The molecule has 6 heteroatoms. The van der Waals surface area contributed by atoms with Crippen LogP contribution in [0.1, 0.15) is 54.6 Å². The number of nitrogens with zero attached hydrogens (tertiary/aromatic N) is 3. The lowest BCUT2D eigenvalue weighted by Crippen LogP contribution is -2.36. The van der Waals surface area contributed by atoms with E-state index in [4.69, 9.17) is 4.74 Å². The van der Waals surface area contributed by atoms with Gasteiger partial charge in [-0.2, -0.15) is 0 Å². The van der Waals surface area contributed by atoms with Crippen LogP contribution in [-0.2, 0) is 6.61 Å². The molecule has 0 atom stereocenters. The van der Waals surface area contributed by atoms with Gasteiger partial charge in [0.15, 0.2) is 0 Å². The van der Waals surface area contributed by atoms with Gasteiger partial charge in [0.25, 0.3) is 5.91 Å². The summed E-state index contributed by atoms with van der Waals surface area (Å²) in [4.78, 5) is 21.9. The van der Waals surface area contributed by atoms with Gasteiger partial charge in [-0.25, -0.2) is 4.98 Å². The molecule has 2 aromatic rings. The number of thiazole rings is 1. The van der Waals surface area contributed by atoms with Gasteiger partial charge in [-0.1, -0.05) is 25.3 Å². The third kappa shape index (κ3) is 5.80. The summed E-state index contributed by atoms with van der Waals surface area (Å²) in [5.74, 6) is 1.69. The van der Waals surface area contributed by atoms with Crippen molar-refractivity contribution in [2.24, 2.45) is 5.92 Å². The average molecular weight is 414 g/mol. The Hall–Kier alpha value is -1.92. The molecule has 1 saturated carbocycles. The van der Waals surface area contributed by atoms with E-state index in [1.165, 1.54) is 38.6 Å². The lowest BCUT2D eigenvalue weighted by Gasteiger charge is -2.28. The summed E-state index contributed by atoms with van der Waals surface area (Å²) >= 11 is 1.56. The molecule has 0 N–H and O–H groups in total.